The van der Waals surface area contributed by atoms with E-state index in [-0.39, 0.29) is 11.6 Å². The van der Waals surface area contributed by atoms with Crippen LogP contribution in [0.4, 0.5) is 0 Å². The van der Waals surface area contributed by atoms with Gasteiger partial charge < -0.3 is 4.90 Å². The van der Waals surface area contributed by atoms with E-state index in [1.54, 1.807) is 35.6 Å². The largest absolute Gasteiger partial charge is 0.349 e. The number of hydrogen-bond acceptors (Lipinski definition) is 2. The van der Waals surface area contributed by atoms with Crippen molar-refractivity contribution in [1.29, 1.82) is 0 Å². The first-order valence-corrected chi connectivity index (χ1v) is 5.02. The van der Waals surface area contributed by atoms with Gasteiger partial charge in [0.15, 0.2) is 0 Å². The van der Waals surface area contributed by atoms with Gasteiger partial charge in [-0.3, -0.25) is 13.9 Å². The molecule has 0 bridgehead atoms. The first kappa shape index (κ1) is 11.6. The van der Waals surface area contributed by atoms with Gasteiger partial charge in [-0.1, -0.05) is 0 Å². The van der Waals surface area contributed by atoms with Crippen LogP contribution >= 0.6 is 0 Å². The first-order chi connectivity index (χ1) is 7.06. The first-order valence-electron chi connectivity index (χ1n) is 5.02. The number of nitrogens with zero attached hydrogens (tertiary/aromatic N) is 3. The lowest BCUT2D eigenvalue weighted by Crippen LogP contribution is -2.27. The van der Waals surface area contributed by atoms with Gasteiger partial charge in [-0.15, -0.1) is 0 Å². The summed E-state index contributed by atoms with van der Waals surface area (Å²) in [5.41, 5.74) is -0.0518. The van der Waals surface area contributed by atoms with Crippen LogP contribution in [0, 0.1) is 0 Å². The summed E-state index contributed by atoms with van der Waals surface area (Å²) in [7, 11) is 3.42. The summed E-state index contributed by atoms with van der Waals surface area (Å²) >= 11 is 0. The zero-order valence-corrected chi connectivity index (χ0v) is 9.43. The topological polar surface area (TPSA) is 47.2 Å². The maximum atomic E-state index is 11.6. The van der Waals surface area contributed by atoms with Gasteiger partial charge in [0.2, 0.25) is 5.91 Å². The highest BCUT2D eigenvalue weighted by Gasteiger charge is 2.06. The van der Waals surface area contributed by atoms with Crippen molar-refractivity contribution in [2.24, 2.45) is 0 Å². The predicted molar refractivity (Wildman–Crippen MR) is 57.7 cm³/mol. The molecule has 1 aromatic heterocycles. The van der Waals surface area contributed by atoms with Gasteiger partial charge in [-0.05, 0) is 6.92 Å². The average Bonchev–Trinajstić information content (AvgIpc) is 2.55. The van der Waals surface area contributed by atoms with Crippen LogP contribution in [0.1, 0.15) is 13.3 Å². The molecule has 0 aliphatic heterocycles. The second-order valence-electron chi connectivity index (χ2n) is 3.60. The van der Waals surface area contributed by atoms with Crippen molar-refractivity contribution in [3.63, 3.8) is 0 Å². The molecule has 0 unspecified atom stereocenters. The van der Waals surface area contributed by atoms with Crippen molar-refractivity contribution < 1.29 is 4.79 Å². The number of carbonyl (C=O) groups is 1. The van der Waals surface area contributed by atoms with Crippen molar-refractivity contribution in [3.05, 3.63) is 22.9 Å². The van der Waals surface area contributed by atoms with Crippen LogP contribution in [-0.2, 0) is 17.9 Å². The Morgan fingerprint density at radius 1 is 1.33 bits per heavy atom. The second-order valence-corrected chi connectivity index (χ2v) is 3.60. The molecular formula is C10H17N3O2. The fourth-order valence-electron chi connectivity index (χ4n) is 1.30. The maximum Gasteiger partial charge on any atom is 0.328 e. The standard InChI is InChI=1S/C10H17N3O2/c1-4-12-7-8-13(10(12)15)6-5-9(14)11(2)3/h7-8H,4-6H2,1-3H3. The van der Waals surface area contributed by atoms with E-state index in [1.165, 1.54) is 4.90 Å². The monoisotopic (exact) mass is 211 g/mol. The molecular weight excluding hydrogens is 194 g/mol. The Hall–Kier alpha value is -1.52. The minimum absolute atomic E-state index is 0.0335. The molecule has 1 rings (SSSR count). The third kappa shape index (κ3) is 2.71. The minimum atomic E-state index is -0.0518. The second kappa shape index (κ2) is 4.82. The van der Waals surface area contributed by atoms with Crippen molar-refractivity contribution in [1.82, 2.24) is 14.0 Å². The highest BCUT2D eigenvalue weighted by Crippen LogP contribution is 1.92. The highest BCUT2D eigenvalue weighted by atomic mass is 16.2. The zero-order chi connectivity index (χ0) is 11.4. The molecule has 0 N–H and O–H groups in total. The lowest BCUT2D eigenvalue weighted by atomic mass is 10.4. The van der Waals surface area contributed by atoms with Gasteiger partial charge in [0.25, 0.3) is 0 Å². The third-order valence-electron chi connectivity index (χ3n) is 2.32. The maximum absolute atomic E-state index is 11.6. The van der Waals surface area contributed by atoms with Gasteiger partial charge in [-0.2, -0.15) is 0 Å². The highest BCUT2D eigenvalue weighted by molar-refractivity contribution is 5.75. The smallest absolute Gasteiger partial charge is 0.328 e. The Morgan fingerprint density at radius 3 is 2.40 bits per heavy atom. The van der Waals surface area contributed by atoms with E-state index in [1.807, 2.05) is 6.92 Å². The van der Waals surface area contributed by atoms with Gasteiger partial charge in [-0.25, -0.2) is 4.79 Å². The quantitative estimate of drug-likeness (QED) is 0.711. The molecule has 0 atom stereocenters. The fraction of sp³-hybridized carbons (Fsp3) is 0.600. The molecule has 1 aromatic rings. The molecule has 0 aliphatic carbocycles. The summed E-state index contributed by atoms with van der Waals surface area (Å²) in [5, 5.41) is 0. The summed E-state index contributed by atoms with van der Waals surface area (Å²) in [5.74, 6) is 0.0335. The fourth-order valence-corrected chi connectivity index (χ4v) is 1.30. The number of carbonyl (C=O) groups excluding carboxylic acids is 1. The molecule has 0 saturated heterocycles. The van der Waals surface area contributed by atoms with Crippen molar-refractivity contribution in [2.75, 3.05) is 14.1 Å². The number of rotatable bonds is 4. The summed E-state index contributed by atoms with van der Waals surface area (Å²) < 4.78 is 3.17. The molecule has 0 fully saturated rings. The third-order valence-corrected chi connectivity index (χ3v) is 2.32. The minimum Gasteiger partial charge on any atom is -0.349 e. The van der Waals surface area contributed by atoms with Crippen LogP contribution in [0.2, 0.25) is 0 Å². The molecule has 5 nitrogen and oxygen atoms in total. The van der Waals surface area contributed by atoms with E-state index in [0.29, 0.717) is 19.5 Å². The van der Waals surface area contributed by atoms with Crippen LogP contribution in [0.25, 0.3) is 0 Å². The zero-order valence-electron chi connectivity index (χ0n) is 9.43. The summed E-state index contributed by atoms with van der Waals surface area (Å²) in [6, 6.07) is 0. The Balaban J connectivity index is 2.62. The summed E-state index contributed by atoms with van der Waals surface area (Å²) in [6.07, 6.45) is 3.82. The van der Waals surface area contributed by atoms with Gasteiger partial charge in [0, 0.05) is 46.0 Å². The van der Waals surface area contributed by atoms with E-state index in [9.17, 15) is 9.59 Å². The number of amides is 1. The molecule has 0 aliphatic rings. The summed E-state index contributed by atoms with van der Waals surface area (Å²) in [6.45, 7) is 3.02. The Labute approximate surface area is 88.9 Å². The molecule has 1 heterocycles. The van der Waals surface area contributed by atoms with Crippen LogP contribution < -0.4 is 5.69 Å². The number of hydrogen-bond donors (Lipinski definition) is 0. The van der Waals surface area contributed by atoms with E-state index in [2.05, 4.69) is 0 Å². The molecule has 0 radical (unpaired) electrons. The van der Waals surface area contributed by atoms with Crippen molar-refractivity contribution in [2.45, 2.75) is 26.4 Å². The van der Waals surface area contributed by atoms with Crippen LogP contribution in [0.15, 0.2) is 17.2 Å². The Morgan fingerprint density at radius 2 is 1.93 bits per heavy atom. The molecule has 5 heteroatoms. The van der Waals surface area contributed by atoms with E-state index in [4.69, 9.17) is 0 Å². The summed E-state index contributed by atoms with van der Waals surface area (Å²) in [4.78, 5) is 24.4. The molecule has 15 heavy (non-hydrogen) atoms. The number of aryl methyl sites for hydroxylation is 2. The van der Waals surface area contributed by atoms with E-state index < -0.39 is 0 Å². The normalized spacial score (nSPS) is 10.3. The van der Waals surface area contributed by atoms with Crippen molar-refractivity contribution >= 4 is 5.91 Å². The lowest BCUT2D eigenvalue weighted by molar-refractivity contribution is -0.128. The van der Waals surface area contributed by atoms with Crippen LogP contribution in [-0.4, -0.2) is 34.0 Å². The molecule has 84 valence electrons. The molecule has 1 amide bonds. The van der Waals surface area contributed by atoms with E-state index >= 15 is 0 Å². The van der Waals surface area contributed by atoms with E-state index in [0.717, 1.165) is 0 Å². The lowest BCUT2D eigenvalue weighted by Gasteiger charge is -2.09. The van der Waals surface area contributed by atoms with Gasteiger partial charge in [0.1, 0.15) is 0 Å². The average molecular weight is 211 g/mol. The van der Waals surface area contributed by atoms with Gasteiger partial charge >= 0.3 is 5.69 Å². The predicted octanol–water partition coefficient (Wildman–Crippen LogP) is 0.148. The molecule has 0 spiro atoms. The Bertz CT molecular complexity index is 390. The van der Waals surface area contributed by atoms with Crippen molar-refractivity contribution in [3.8, 4) is 0 Å². The Kier molecular flexibility index (Phi) is 3.71. The van der Waals surface area contributed by atoms with Crippen LogP contribution in [0.3, 0.4) is 0 Å². The number of imidazole rings is 1. The SMILES string of the molecule is CCn1ccn(CCC(=O)N(C)C)c1=O. The molecule has 0 aromatic carbocycles. The van der Waals surface area contributed by atoms with Gasteiger partial charge in [0.05, 0.1) is 0 Å². The molecule has 0 saturated carbocycles. The number of aromatic nitrogens is 2. The van der Waals surface area contributed by atoms with Crippen LogP contribution in [0.5, 0.6) is 0 Å².